The van der Waals surface area contributed by atoms with E-state index < -0.39 is 5.54 Å². The van der Waals surface area contributed by atoms with Crippen LogP contribution in [0.2, 0.25) is 0 Å². The van der Waals surface area contributed by atoms with Crippen LogP contribution in [-0.4, -0.2) is 40.3 Å². The van der Waals surface area contributed by atoms with E-state index in [9.17, 15) is 4.79 Å². The van der Waals surface area contributed by atoms with E-state index in [0.29, 0.717) is 5.89 Å². The molecule has 1 fully saturated rings. The molecule has 3 heterocycles. The first-order valence-corrected chi connectivity index (χ1v) is 9.09. The first kappa shape index (κ1) is 17.0. The smallest absolute Gasteiger partial charge is 0.253 e. The van der Waals surface area contributed by atoms with E-state index in [0.717, 1.165) is 60.9 Å². The van der Waals surface area contributed by atoms with Crippen molar-refractivity contribution in [3.05, 3.63) is 41.3 Å². The number of amides is 1. The molecule has 1 N–H and O–H groups in total. The highest BCUT2D eigenvalue weighted by atomic mass is 16.4. The number of hydrogen-bond donors (Lipinski definition) is 1. The molecule has 4 rings (SSSR count). The molecule has 0 unspecified atom stereocenters. The van der Waals surface area contributed by atoms with Crippen LogP contribution in [0.4, 0.5) is 0 Å². The maximum Gasteiger partial charge on any atom is 0.253 e. The first-order valence-electron chi connectivity index (χ1n) is 9.09. The fourth-order valence-electron chi connectivity index (χ4n) is 3.81. The van der Waals surface area contributed by atoms with Gasteiger partial charge in [0, 0.05) is 25.2 Å². The van der Waals surface area contributed by atoms with Crippen molar-refractivity contribution in [2.45, 2.75) is 45.7 Å². The lowest BCUT2D eigenvalue weighted by atomic mass is 9.88. The summed E-state index contributed by atoms with van der Waals surface area (Å²) in [6.07, 6.45) is 1.50. The van der Waals surface area contributed by atoms with E-state index >= 15 is 0 Å². The monoisotopic (exact) mass is 352 g/mol. The Morgan fingerprint density at radius 1 is 1.19 bits per heavy atom. The first-order chi connectivity index (χ1) is 12.5. The molecule has 1 saturated heterocycles. The number of amidine groups is 1. The topological polar surface area (TPSA) is 70.7 Å². The minimum atomic E-state index is -0.550. The second kappa shape index (κ2) is 6.36. The fourth-order valence-corrected chi connectivity index (χ4v) is 3.81. The zero-order chi connectivity index (χ0) is 18.3. The third-order valence-corrected chi connectivity index (χ3v) is 5.42. The molecule has 6 heteroatoms. The molecular formula is C20H24N4O2. The van der Waals surface area contributed by atoms with Crippen molar-refractivity contribution in [1.29, 1.82) is 0 Å². The molecule has 1 spiro atoms. The van der Waals surface area contributed by atoms with Gasteiger partial charge in [-0.3, -0.25) is 14.7 Å². The van der Waals surface area contributed by atoms with Crippen LogP contribution in [-0.2, 0) is 11.3 Å². The van der Waals surface area contributed by atoms with Gasteiger partial charge in [0.1, 0.15) is 17.1 Å². The van der Waals surface area contributed by atoms with Crippen LogP contribution in [0.3, 0.4) is 0 Å². The summed E-state index contributed by atoms with van der Waals surface area (Å²) in [5, 5.41) is 2.84. The molecule has 2 aliphatic rings. The number of rotatable bonds is 3. The minimum absolute atomic E-state index is 0.0501. The van der Waals surface area contributed by atoms with Crippen molar-refractivity contribution in [1.82, 2.24) is 15.2 Å². The molecule has 26 heavy (non-hydrogen) atoms. The molecule has 1 amide bonds. The van der Waals surface area contributed by atoms with Gasteiger partial charge in [-0.25, -0.2) is 4.98 Å². The van der Waals surface area contributed by atoms with Gasteiger partial charge < -0.3 is 9.73 Å². The summed E-state index contributed by atoms with van der Waals surface area (Å²) in [6.45, 7) is 8.28. The number of aliphatic imine (C=N–C) groups is 1. The number of hydrogen-bond acceptors (Lipinski definition) is 5. The quantitative estimate of drug-likeness (QED) is 0.922. The molecule has 136 valence electrons. The van der Waals surface area contributed by atoms with Crippen molar-refractivity contribution in [2.75, 3.05) is 13.1 Å². The predicted octanol–water partition coefficient (Wildman–Crippen LogP) is 2.84. The molecule has 0 bridgehead atoms. The number of nitrogens with zero attached hydrogens (tertiary/aromatic N) is 3. The summed E-state index contributed by atoms with van der Waals surface area (Å²) >= 11 is 0. The maximum atomic E-state index is 12.2. The highest BCUT2D eigenvalue weighted by Gasteiger charge is 2.44. The van der Waals surface area contributed by atoms with Gasteiger partial charge in [0.05, 0.1) is 5.69 Å². The molecule has 2 aliphatic heterocycles. The lowest BCUT2D eigenvalue weighted by Gasteiger charge is -2.35. The Bertz CT molecular complexity index is 876. The molecule has 0 atom stereocenters. The predicted molar refractivity (Wildman–Crippen MR) is 99.9 cm³/mol. The van der Waals surface area contributed by atoms with Crippen LogP contribution >= 0.6 is 0 Å². The van der Waals surface area contributed by atoms with Crippen LogP contribution in [0.15, 0.2) is 33.7 Å². The summed E-state index contributed by atoms with van der Waals surface area (Å²) < 4.78 is 5.92. The average molecular weight is 352 g/mol. The lowest BCUT2D eigenvalue weighted by molar-refractivity contribution is -0.125. The summed E-state index contributed by atoms with van der Waals surface area (Å²) in [6, 6.07) is 8.12. The van der Waals surface area contributed by atoms with Crippen LogP contribution < -0.4 is 5.32 Å². The van der Waals surface area contributed by atoms with E-state index in [1.807, 2.05) is 32.0 Å². The number of benzene rings is 1. The number of aromatic nitrogens is 1. The summed E-state index contributed by atoms with van der Waals surface area (Å²) in [5.74, 6) is 2.32. The lowest BCUT2D eigenvalue weighted by Crippen LogP contribution is -2.48. The third-order valence-electron chi connectivity index (χ3n) is 5.42. The number of aryl methyl sites for hydroxylation is 2. The van der Waals surface area contributed by atoms with Gasteiger partial charge >= 0.3 is 0 Å². The SMILES string of the molecule is CC1=NC2(CCN(Cc3nc(-c4ccccc4C)oc3C)CC2)C(=O)N1. The Kier molecular flexibility index (Phi) is 4.15. The third kappa shape index (κ3) is 2.94. The minimum Gasteiger partial charge on any atom is -0.441 e. The maximum absolute atomic E-state index is 12.2. The Morgan fingerprint density at radius 3 is 2.58 bits per heavy atom. The second-order valence-electron chi connectivity index (χ2n) is 7.30. The highest BCUT2D eigenvalue weighted by molar-refractivity contribution is 6.07. The number of carbonyl (C=O) groups is 1. The van der Waals surface area contributed by atoms with Crippen LogP contribution in [0.1, 0.15) is 36.8 Å². The number of carbonyl (C=O) groups excluding carboxylic acids is 1. The molecule has 0 radical (unpaired) electrons. The van der Waals surface area contributed by atoms with Gasteiger partial charge in [0.2, 0.25) is 5.89 Å². The molecule has 0 aliphatic carbocycles. The standard InChI is InChI=1S/C20H24N4O2/c1-13-6-4-5-7-16(13)18-22-17(14(2)26-18)12-24-10-8-20(9-11-24)19(25)21-15(3)23-20/h4-7H,8-12H2,1-3H3,(H,21,23,25). The molecule has 6 nitrogen and oxygen atoms in total. The Balaban J connectivity index is 1.46. The van der Waals surface area contributed by atoms with Crippen molar-refractivity contribution in [2.24, 2.45) is 4.99 Å². The van der Waals surface area contributed by atoms with Crippen molar-refractivity contribution >= 4 is 11.7 Å². The molecular weight excluding hydrogens is 328 g/mol. The van der Waals surface area contributed by atoms with Gasteiger partial charge in [-0.15, -0.1) is 0 Å². The molecule has 2 aromatic rings. The molecule has 1 aromatic carbocycles. The normalized spacial score (nSPS) is 19.7. The van der Waals surface area contributed by atoms with E-state index in [1.54, 1.807) is 0 Å². The fraction of sp³-hybridized carbons (Fsp3) is 0.450. The van der Waals surface area contributed by atoms with Crippen LogP contribution in [0.5, 0.6) is 0 Å². The number of piperidine rings is 1. The zero-order valence-corrected chi connectivity index (χ0v) is 15.5. The zero-order valence-electron chi connectivity index (χ0n) is 15.5. The largest absolute Gasteiger partial charge is 0.441 e. The van der Waals surface area contributed by atoms with E-state index in [4.69, 9.17) is 9.40 Å². The summed E-state index contributed by atoms with van der Waals surface area (Å²) in [4.78, 5) is 23.8. The van der Waals surface area contributed by atoms with Gasteiger partial charge in [0.25, 0.3) is 5.91 Å². The Labute approximate surface area is 153 Å². The van der Waals surface area contributed by atoms with Crippen molar-refractivity contribution in [3.63, 3.8) is 0 Å². The summed E-state index contributed by atoms with van der Waals surface area (Å²) in [5.41, 5.74) is 2.61. The highest BCUT2D eigenvalue weighted by Crippen LogP contribution is 2.31. The van der Waals surface area contributed by atoms with Crippen LogP contribution in [0, 0.1) is 13.8 Å². The second-order valence-corrected chi connectivity index (χ2v) is 7.30. The van der Waals surface area contributed by atoms with E-state index in [-0.39, 0.29) is 5.91 Å². The van der Waals surface area contributed by atoms with E-state index in [1.165, 1.54) is 0 Å². The van der Waals surface area contributed by atoms with Gasteiger partial charge in [-0.2, -0.15) is 0 Å². The van der Waals surface area contributed by atoms with E-state index in [2.05, 4.69) is 28.2 Å². The van der Waals surface area contributed by atoms with Gasteiger partial charge in [-0.05, 0) is 45.2 Å². The Morgan fingerprint density at radius 2 is 1.92 bits per heavy atom. The number of oxazole rings is 1. The van der Waals surface area contributed by atoms with Gasteiger partial charge in [-0.1, -0.05) is 18.2 Å². The number of nitrogens with one attached hydrogen (secondary N) is 1. The van der Waals surface area contributed by atoms with Crippen LogP contribution in [0.25, 0.3) is 11.5 Å². The Hall–Kier alpha value is -2.47. The molecule has 0 saturated carbocycles. The number of likely N-dealkylation sites (tertiary alicyclic amines) is 1. The summed E-state index contributed by atoms with van der Waals surface area (Å²) in [7, 11) is 0. The molecule has 1 aromatic heterocycles. The van der Waals surface area contributed by atoms with Gasteiger partial charge in [0.15, 0.2) is 0 Å². The average Bonchev–Trinajstić information content (AvgIpc) is 3.10. The van der Waals surface area contributed by atoms with Crippen molar-refractivity contribution < 1.29 is 9.21 Å². The van der Waals surface area contributed by atoms with Crippen molar-refractivity contribution in [3.8, 4) is 11.5 Å².